The summed E-state index contributed by atoms with van der Waals surface area (Å²) in [6.45, 7) is 5.44. The topological polar surface area (TPSA) is 40.5 Å². The first kappa shape index (κ1) is 12.7. The monoisotopic (exact) mass is 259 g/mol. The summed E-state index contributed by atoms with van der Waals surface area (Å²) in [6, 6.07) is 5.49. The zero-order chi connectivity index (χ0) is 13.4. The van der Waals surface area contributed by atoms with Crippen molar-refractivity contribution in [3.8, 4) is 0 Å². The Bertz CT molecular complexity index is 486. The summed E-state index contributed by atoms with van der Waals surface area (Å²) in [4.78, 5) is 13.5. The Morgan fingerprint density at radius 1 is 1.32 bits per heavy atom. The van der Waals surface area contributed by atoms with Gasteiger partial charge in [0.2, 0.25) is 0 Å². The van der Waals surface area contributed by atoms with E-state index in [1.54, 1.807) is 12.1 Å². The molecule has 1 aromatic rings. The highest BCUT2D eigenvalue weighted by molar-refractivity contribution is 5.87. The summed E-state index contributed by atoms with van der Waals surface area (Å²) in [5, 5.41) is 8.98. The van der Waals surface area contributed by atoms with Gasteiger partial charge in [0.1, 0.15) is 0 Å². The number of rotatable bonds is 3. The summed E-state index contributed by atoms with van der Waals surface area (Å²) < 4.78 is 0. The third kappa shape index (κ3) is 2.52. The van der Waals surface area contributed by atoms with Gasteiger partial charge in [-0.15, -0.1) is 0 Å². The summed E-state index contributed by atoms with van der Waals surface area (Å²) in [6.07, 6.45) is 4.21. The van der Waals surface area contributed by atoms with Gasteiger partial charge in [0, 0.05) is 19.6 Å². The molecular formula is C16H21NO2. The molecule has 1 heterocycles. The standard InChI is InChI=1S/C16H21NO2/c1-11-7-12(16(18)19)5-6-13(11)8-17-9-14-3-2-4-15(14)10-17/h5-7,14-15H,2-4,8-10H2,1H3,(H,18,19). The second-order valence-corrected chi connectivity index (χ2v) is 6.09. The number of aromatic carboxylic acids is 1. The molecule has 1 aliphatic carbocycles. The van der Waals surface area contributed by atoms with E-state index in [-0.39, 0.29) is 0 Å². The molecule has 1 saturated carbocycles. The van der Waals surface area contributed by atoms with E-state index in [4.69, 9.17) is 5.11 Å². The highest BCUT2D eigenvalue weighted by Crippen LogP contribution is 2.38. The minimum Gasteiger partial charge on any atom is -0.478 e. The number of likely N-dealkylation sites (tertiary alicyclic amines) is 1. The van der Waals surface area contributed by atoms with Crippen molar-refractivity contribution in [2.45, 2.75) is 32.7 Å². The van der Waals surface area contributed by atoms with Gasteiger partial charge in [0.15, 0.2) is 0 Å². The van der Waals surface area contributed by atoms with Gasteiger partial charge in [0.05, 0.1) is 5.56 Å². The van der Waals surface area contributed by atoms with Gasteiger partial charge >= 0.3 is 5.97 Å². The minimum absolute atomic E-state index is 0.388. The van der Waals surface area contributed by atoms with Gasteiger partial charge in [-0.3, -0.25) is 4.90 Å². The number of carboxylic acids is 1. The first-order valence-electron chi connectivity index (χ1n) is 7.18. The molecule has 102 valence electrons. The van der Waals surface area contributed by atoms with Crippen LogP contribution in [0.1, 0.15) is 40.7 Å². The van der Waals surface area contributed by atoms with Crippen LogP contribution in [0.25, 0.3) is 0 Å². The van der Waals surface area contributed by atoms with Crippen LogP contribution in [0.4, 0.5) is 0 Å². The molecular weight excluding hydrogens is 238 g/mol. The van der Waals surface area contributed by atoms with Crippen molar-refractivity contribution >= 4 is 5.97 Å². The Hall–Kier alpha value is -1.35. The summed E-state index contributed by atoms with van der Waals surface area (Å²) in [5.41, 5.74) is 2.75. The molecule has 0 bridgehead atoms. The molecule has 1 saturated heterocycles. The highest BCUT2D eigenvalue weighted by atomic mass is 16.4. The normalized spacial score (nSPS) is 26.6. The molecule has 2 fully saturated rings. The maximum Gasteiger partial charge on any atom is 0.335 e. The van der Waals surface area contributed by atoms with E-state index in [1.807, 2.05) is 13.0 Å². The van der Waals surface area contributed by atoms with E-state index in [1.165, 1.54) is 37.9 Å². The predicted octanol–water partition coefficient (Wildman–Crippen LogP) is 2.93. The maximum atomic E-state index is 10.9. The van der Waals surface area contributed by atoms with E-state index >= 15 is 0 Å². The third-order valence-corrected chi connectivity index (χ3v) is 4.79. The molecule has 1 aromatic carbocycles. The number of hydrogen-bond acceptors (Lipinski definition) is 2. The van der Waals surface area contributed by atoms with Gasteiger partial charge in [-0.05, 0) is 54.9 Å². The number of carboxylic acid groups (broad SMARTS) is 1. The summed E-state index contributed by atoms with van der Waals surface area (Å²) in [7, 11) is 0. The lowest BCUT2D eigenvalue weighted by molar-refractivity contribution is 0.0696. The van der Waals surface area contributed by atoms with Crippen LogP contribution in [0.15, 0.2) is 18.2 Å². The van der Waals surface area contributed by atoms with Crippen LogP contribution < -0.4 is 0 Å². The van der Waals surface area contributed by atoms with Crippen molar-refractivity contribution in [2.24, 2.45) is 11.8 Å². The SMILES string of the molecule is Cc1cc(C(=O)O)ccc1CN1CC2CCCC2C1. The average Bonchev–Trinajstić information content (AvgIpc) is 2.92. The van der Waals surface area contributed by atoms with Crippen molar-refractivity contribution in [1.29, 1.82) is 0 Å². The quantitative estimate of drug-likeness (QED) is 0.907. The Morgan fingerprint density at radius 3 is 2.58 bits per heavy atom. The minimum atomic E-state index is -0.842. The molecule has 2 atom stereocenters. The molecule has 3 nitrogen and oxygen atoms in total. The lowest BCUT2D eigenvalue weighted by Crippen LogP contribution is -2.21. The van der Waals surface area contributed by atoms with Crippen molar-refractivity contribution in [3.63, 3.8) is 0 Å². The van der Waals surface area contributed by atoms with E-state index < -0.39 is 5.97 Å². The molecule has 3 rings (SSSR count). The fourth-order valence-corrected chi connectivity index (χ4v) is 3.71. The molecule has 3 heteroatoms. The lowest BCUT2D eigenvalue weighted by atomic mass is 10.0. The number of fused-ring (bicyclic) bond motifs is 1. The molecule has 2 unspecified atom stereocenters. The van der Waals surface area contributed by atoms with Crippen molar-refractivity contribution in [1.82, 2.24) is 4.90 Å². The largest absolute Gasteiger partial charge is 0.478 e. The summed E-state index contributed by atoms with van der Waals surface area (Å²) >= 11 is 0. The van der Waals surface area contributed by atoms with Crippen LogP contribution in [-0.4, -0.2) is 29.1 Å². The molecule has 1 N–H and O–H groups in total. The molecule has 19 heavy (non-hydrogen) atoms. The van der Waals surface area contributed by atoms with E-state index in [0.29, 0.717) is 5.56 Å². The van der Waals surface area contributed by atoms with Crippen molar-refractivity contribution < 1.29 is 9.90 Å². The first-order valence-corrected chi connectivity index (χ1v) is 7.18. The zero-order valence-electron chi connectivity index (χ0n) is 11.4. The van der Waals surface area contributed by atoms with Gasteiger partial charge < -0.3 is 5.11 Å². The summed E-state index contributed by atoms with van der Waals surface area (Å²) in [5.74, 6) is 0.988. The van der Waals surface area contributed by atoms with Crippen LogP contribution in [-0.2, 0) is 6.54 Å². The fraction of sp³-hybridized carbons (Fsp3) is 0.562. The fourth-order valence-electron chi connectivity index (χ4n) is 3.71. The van der Waals surface area contributed by atoms with Gasteiger partial charge in [-0.1, -0.05) is 12.5 Å². The second-order valence-electron chi connectivity index (χ2n) is 6.09. The van der Waals surface area contributed by atoms with Gasteiger partial charge in [-0.25, -0.2) is 4.79 Å². The zero-order valence-corrected chi connectivity index (χ0v) is 11.4. The third-order valence-electron chi connectivity index (χ3n) is 4.79. The van der Waals surface area contributed by atoms with Gasteiger partial charge in [-0.2, -0.15) is 0 Å². The first-order chi connectivity index (χ1) is 9.13. The molecule has 0 radical (unpaired) electrons. The lowest BCUT2D eigenvalue weighted by Gasteiger charge is -2.18. The van der Waals surface area contributed by atoms with Crippen molar-refractivity contribution in [3.05, 3.63) is 34.9 Å². The Morgan fingerprint density at radius 2 is 2.00 bits per heavy atom. The smallest absolute Gasteiger partial charge is 0.335 e. The Balaban J connectivity index is 1.69. The van der Waals surface area contributed by atoms with Crippen LogP contribution >= 0.6 is 0 Å². The Labute approximate surface area is 114 Å². The van der Waals surface area contributed by atoms with Gasteiger partial charge in [0.25, 0.3) is 0 Å². The number of benzene rings is 1. The van der Waals surface area contributed by atoms with E-state index in [2.05, 4.69) is 4.90 Å². The van der Waals surface area contributed by atoms with Crippen LogP contribution in [0, 0.1) is 18.8 Å². The van der Waals surface area contributed by atoms with Crippen molar-refractivity contribution in [2.75, 3.05) is 13.1 Å². The number of nitrogens with zero attached hydrogens (tertiary/aromatic N) is 1. The second kappa shape index (κ2) is 4.97. The molecule has 2 aliphatic rings. The number of carbonyl (C=O) groups is 1. The molecule has 0 aromatic heterocycles. The van der Waals surface area contributed by atoms with E-state index in [9.17, 15) is 4.79 Å². The number of hydrogen-bond donors (Lipinski definition) is 1. The van der Waals surface area contributed by atoms with Crippen LogP contribution in [0.3, 0.4) is 0 Å². The molecule has 0 spiro atoms. The Kier molecular flexibility index (Phi) is 3.31. The highest BCUT2D eigenvalue weighted by Gasteiger charge is 2.35. The molecule has 1 aliphatic heterocycles. The predicted molar refractivity (Wildman–Crippen MR) is 74.2 cm³/mol. The van der Waals surface area contributed by atoms with E-state index in [0.717, 1.165) is 23.9 Å². The average molecular weight is 259 g/mol. The number of aryl methyl sites for hydroxylation is 1. The van der Waals surface area contributed by atoms with Crippen LogP contribution in [0.2, 0.25) is 0 Å². The maximum absolute atomic E-state index is 10.9. The van der Waals surface area contributed by atoms with Crippen LogP contribution in [0.5, 0.6) is 0 Å². The molecule has 0 amide bonds.